The topological polar surface area (TPSA) is 15.3 Å². The fourth-order valence-electron chi connectivity index (χ4n) is 5.05. The van der Waals surface area contributed by atoms with Gasteiger partial charge >= 0.3 is 0 Å². The summed E-state index contributed by atoms with van der Waals surface area (Å²) >= 11 is 0. The summed E-state index contributed by atoms with van der Waals surface area (Å²) in [5.41, 5.74) is 5.69. The molecule has 2 heteroatoms. The Balaban J connectivity index is 1.38. The number of nitrogens with one attached hydrogen (secondary N) is 1. The number of allylic oxidation sites excluding steroid dienone is 6. The van der Waals surface area contributed by atoms with Gasteiger partial charge in [-0.3, -0.25) is 0 Å². The van der Waals surface area contributed by atoms with Gasteiger partial charge in [-0.1, -0.05) is 78.4 Å². The number of nitrogens with zero attached hydrogens (tertiary/aromatic N) is 1. The lowest BCUT2D eigenvalue weighted by atomic mass is 9.86. The minimum Gasteiger partial charge on any atom is -0.388 e. The van der Waals surface area contributed by atoms with Gasteiger partial charge in [-0.25, -0.2) is 0 Å². The number of rotatable bonds is 7. The van der Waals surface area contributed by atoms with Crippen LogP contribution in [0.4, 0.5) is 5.69 Å². The molecule has 1 heterocycles. The minimum absolute atomic E-state index is 0.502. The Bertz CT molecular complexity index is 892. The maximum absolute atomic E-state index is 3.23. The van der Waals surface area contributed by atoms with Gasteiger partial charge in [0.2, 0.25) is 0 Å². The van der Waals surface area contributed by atoms with E-state index in [2.05, 4.69) is 95.2 Å². The van der Waals surface area contributed by atoms with Crippen LogP contribution in [0.5, 0.6) is 0 Å². The van der Waals surface area contributed by atoms with Crippen molar-refractivity contribution in [1.29, 1.82) is 0 Å². The van der Waals surface area contributed by atoms with Crippen molar-refractivity contribution in [3.8, 4) is 0 Å². The Kier molecular flexibility index (Phi) is 7.79. The molecule has 31 heavy (non-hydrogen) atoms. The van der Waals surface area contributed by atoms with E-state index in [1.165, 1.54) is 67.7 Å². The number of hydrogen-bond acceptors (Lipinski definition) is 2. The predicted octanol–water partition coefficient (Wildman–Crippen LogP) is 6.91. The summed E-state index contributed by atoms with van der Waals surface area (Å²) in [6, 6.07) is 20.2. The summed E-state index contributed by atoms with van der Waals surface area (Å²) < 4.78 is 0. The van der Waals surface area contributed by atoms with Crippen molar-refractivity contribution < 1.29 is 0 Å². The van der Waals surface area contributed by atoms with Crippen LogP contribution in [0.15, 0.2) is 90.6 Å². The molecule has 2 aliphatic rings. The van der Waals surface area contributed by atoms with E-state index in [0.29, 0.717) is 11.8 Å². The summed E-state index contributed by atoms with van der Waals surface area (Å²) in [6.45, 7) is 3.61. The molecule has 0 spiro atoms. The zero-order valence-corrected chi connectivity index (χ0v) is 18.8. The van der Waals surface area contributed by atoms with Crippen molar-refractivity contribution in [2.75, 3.05) is 32.0 Å². The second-order valence-corrected chi connectivity index (χ2v) is 8.85. The fourth-order valence-corrected chi connectivity index (χ4v) is 5.05. The van der Waals surface area contributed by atoms with Crippen molar-refractivity contribution in [3.63, 3.8) is 0 Å². The highest BCUT2D eigenvalue weighted by Crippen LogP contribution is 2.33. The van der Waals surface area contributed by atoms with Crippen molar-refractivity contribution in [2.24, 2.45) is 0 Å². The van der Waals surface area contributed by atoms with E-state index < -0.39 is 0 Å². The number of hydrogen-bond donors (Lipinski definition) is 1. The first-order chi connectivity index (χ1) is 15.3. The molecule has 4 rings (SSSR count). The van der Waals surface area contributed by atoms with E-state index in [1.54, 1.807) is 0 Å². The average Bonchev–Trinajstić information content (AvgIpc) is 3.24. The van der Waals surface area contributed by atoms with Crippen LogP contribution < -0.4 is 5.32 Å². The predicted molar refractivity (Wildman–Crippen MR) is 134 cm³/mol. The summed E-state index contributed by atoms with van der Waals surface area (Å²) in [4.78, 5) is 2.71. The average molecular weight is 413 g/mol. The number of benzene rings is 2. The highest BCUT2D eigenvalue weighted by atomic mass is 15.1. The lowest BCUT2D eigenvalue weighted by Crippen LogP contribution is -2.27. The van der Waals surface area contributed by atoms with Gasteiger partial charge in [-0.05, 0) is 80.9 Å². The van der Waals surface area contributed by atoms with Crippen molar-refractivity contribution in [3.05, 3.63) is 102 Å². The highest BCUT2D eigenvalue weighted by Gasteiger charge is 2.21. The minimum atomic E-state index is 0.502. The van der Waals surface area contributed by atoms with Gasteiger partial charge < -0.3 is 10.2 Å². The molecule has 0 radical (unpaired) electrons. The molecule has 1 aliphatic heterocycles. The van der Waals surface area contributed by atoms with E-state index in [9.17, 15) is 0 Å². The third-order valence-electron chi connectivity index (χ3n) is 6.90. The molecule has 1 fully saturated rings. The van der Waals surface area contributed by atoms with Crippen LogP contribution in [-0.4, -0.2) is 31.6 Å². The molecular formula is C29H36N2. The molecular weight excluding hydrogens is 376 g/mol. The summed E-state index contributed by atoms with van der Waals surface area (Å²) in [5, 5.41) is 3.23. The van der Waals surface area contributed by atoms with Gasteiger partial charge in [-0.15, -0.1) is 0 Å². The third-order valence-corrected chi connectivity index (χ3v) is 6.90. The highest BCUT2D eigenvalue weighted by molar-refractivity contribution is 5.44. The van der Waals surface area contributed by atoms with Crippen molar-refractivity contribution in [1.82, 2.24) is 4.90 Å². The molecule has 2 atom stereocenters. The quantitative estimate of drug-likeness (QED) is 0.531. The van der Waals surface area contributed by atoms with E-state index in [4.69, 9.17) is 0 Å². The first kappa shape index (κ1) is 21.6. The van der Waals surface area contributed by atoms with Crippen molar-refractivity contribution in [2.45, 2.75) is 43.9 Å². The van der Waals surface area contributed by atoms with Crippen molar-refractivity contribution >= 4 is 5.69 Å². The number of anilines is 1. The van der Waals surface area contributed by atoms with E-state index in [0.717, 1.165) is 6.42 Å². The standard InChI is InChI=1S/C29H36N2/c1-30-28-17-15-25(16-18-28)24-14-9-21-31(22-19-24)23-20-29(27-12-7-4-8-13-27)26-10-5-2-3-6-11-26/h2-8,10,12-13,15-18,24,29-30H,9,11,14,19-23H2,1H3. The maximum atomic E-state index is 3.23. The van der Waals surface area contributed by atoms with Crippen LogP contribution in [0.3, 0.4) is 0 Å². The molecule has 0 aromatic heterocycles. The van der Waals surface area contributed by atoms with Crippen LogP contribution in [0.1, 0.15) is 55.1 Å². The lowest BCUT2D eigenvalue weighted by Gasteiger charge is -2.26. The van der Waals surface area contributed by atoms with Crippen LogP contribution in [0.25, 0.3) is 0 Å². The number of likely N-dealkylation sites (tertiary alicyclic amines) is 1. The van der Waals surface area contributed by atoms with E-state index in [-0.39, 0.29) is 0 Å². The fraction of sp³-hybridized carbons (Fsp3) is 0.379. The summed E-state index contributed by atoms with van der Waals surface area (Å²) in [7, 11) is 1.99. The van der Waals surface area contributed by atoms with Gasteiger partial charge in [0.15, 0.2) is 0 Å². The Morgan fingerprint density at radius 2 is 1.77 bits per heavy atom. The van der Waals surface area contributed by atoms with Gasteiger partial charge in [0.05, 0.1) is 0 Å². The largest absolute Gasteiger partial charge is 0.388 e. The van der Waals surface area contributed by atoms with E-state index >= 15 is 0 Å². The van der Waals surface area contributed by atoms with Gasteiger partial charge in [-0.2, -0.15) is 0 Å². The maximum Gasteiger partial charge on any atom is 0.0337 e. The zero-order chi connectivity index (χ0) is 21.3. The zero-order valence-electron chi connectivity index (χ0n) is 18.8. The van der Waals surface area contributed by atoms with Crippen LogP contribution in [0, 0.1) is 0 Å². The first-order valence-electron chi connectivity index (χ1n) is 11.9. The molecule has 0 bridgehead atoms. The molecule has 2 unspecified atom stereocenters. The smallest absolute Gasteiger partial charge is 0.0337 e. The monoisotopic (exact) mass is 412 g/mol. The second kappa shape index (κ2) is 11.2. The first-order valence-corrected chi connectivity index (χ1v) is 11.9. The normalized spacial score (nSPS) is 20.5. The lowest BCUT2D eigenvalue weighted by molar-refractivity contribution is 0.275. The van der Waals surface area contributed by atoms with Crippen LogP contribution >= 0.6 is 0 Å². The Hall–Kier alpha value is -2.58. The molecule has 2 nitrogen and oxygen atoms in total. The Morgan fingerprint density at radius 3 is 2.58 bits per heavy atom. The Morgan fingerprint density at radius 1 is 0.935 bits per heavy atom. The van der Waals surface area contributed by atoms with Gasteiger partial charge in [0, 0.05) is 18.7 Å². The molecule has 0 amide bonds. The molecule has 1 saturated heterocycles. The third kappa shape index (κ3) is 5.98. The summed E-state index contributed by atoms with van der Waals surface area (Å²) in [6.07, 6.45) is 17.3. The molecule has 1 aliphatic carbocycles. The SMILES string of the molecule is CNc1ccc(C2CCCN(CCC(C3=CC=CC=CC3)c3ccccc3)CC2)cc1. The van der Waals surface area contributed by atoms with Crippen LogP contribution in [-0.2, 0) is 0 Å². The van der Waals surface area contributed by atoms with Gasteiger partial charge in [0.1, 0.15) is 0 Å². The molecule has 2 aromatic carbocycles. The molecule has 2 aromatic rings. The second-order valence-electron chi connectivity index (χ2n) is 8.85. The van der Waals surface area contributed by atoms with E-state index in [1.807, 2.05) is 7.05 Å². The van der Waals surface area contributed by atoms with Gasteiger partial charge in [0.25, 0.3) is 0 Å². The Labute approximate surface area is 188 Å². The molecule has 0 saturated carbocycles. The van der Waals surface area contributed by atoms with Crippen LogP contribution in [0.2, 0.25) is 0 Å². The summed E-state index contributed by atoms with van der Waals surface area (Å²) in [5.74, 6) is 1.20. The molecule has 162 valence electrons. The molecule has 1 N–H and O–H groups in total.